The van der Waals surface area contributed by atoms with Crippen molar-refractivity contribution in [3.05, 3.63) is 34.8 Å². The summed E-state index contributed by atoms with van der Waals surface area (Å²) in [5, 5.41) is 3.37. The summed E-state index contributed by atoms with van der Waals surface area (Å²) >= 11 is 1.42. The van der Waals surface area contributed by atoms with Gasteiger partial charge in [-0.1, -0.05) is 6.07 Å². The zero-order valence-electron chi connectivity index (χ0n) is 13.7. The van der Waals surface area contributed by atoms with Crippen LogP contribution in [0.5, 0.6) is 11.5 Å². The van der Waals surface area contributed by atoms with Crippen LogP contribution in [0.25, 0.3) is 0 Å². The number of nitrogens with zero attached hydrogens (tertiary/aromatic N) is 2. The van der Waals surface area contributed by atoms with Crippen LogP contribution in [0.2, 0.25) is 0 Å². The first kappa shape index (κ1) is 15.9. The fourth-order valence-corrected chi connectivity index (χ4v) is 3.71. The van der Waals surface area contributed by atoms with Gasteiger partial charge < -0.3 is 19.7 Å². The molecular weight excluding hydrogens is 342 g/mol. The van der Waals surface area contributed by atoms with E-state index in [1.54, 1.807) is 11.1 Å². The first-order chi connectivity index (χ1) is 12.1. The van der Waals surface area contributed by atoms with Crippen molar-refractivity contribution in [2.45, 2.75) is 32.4 Å². The van der Waals surface area contributed by atoms with Gasteiger partial charge in [0, 0.05) is 24.0 Å². The fraction of sp³-hybridized carbons (Fsp3) is 0.353. The van der Waals surface area contributed by atoms with Crippen LogP contribution in [0.1, 0.15) is 23.3 Å². The highest BCUT2D eigenvalue weighted by atomic mass is 32.1. The third-order valence-electron chi connectivity index (χ3n) is 4.27. The Bertz CT molecular complexity index is 835. The Balaban J connectivity index is 1.48. The smallest absolute Gasteiger partial charge is 0.248 e. The minimum absolute atomic E-state index is 0.0202. The predicted molar refractivity (Wildman–Crippen MR) is 91.6 cm³/mol. The van der Waals surface area contributed by atoms with Gasteiger partial charge >= 0.3 is 0 Å². The molecule has 4 rings (SSSR count). The molecule has 1 unspecified atom stereocenters. The van der Waals surface area contributed by atoms with E-state index in [4.69, 9.17) is 9.47 Å². The number of likely N-dealkylation sites (tertiary alicyclic amines) is 1. The first-order valence-corrected chi connectivity index (χ1v) is 8.83. The molecular formula is C17H17N3O4S. The van der Waals surface area contributed by atoms with E-state index >= 15 is 0 Å². The molecule has 1 atom stereocenters. The summed E-state index contributed by atoms with van der Waals surface area (Å²) in [5.41, 5.74) is 0.905. The normalized spacial score (nSPS) is 18.7. The number of hydrogen-bond donors (Lipinski definition) is 1. The van der Waals surface area contributed by atoms with Crippen LogP contribution < -0.4 is 14.8 Å². The number of anilines is 1. The second-order valence-electron chi connectivity index (χ2n) is 6.03. The lowest BCUT2D eigenvalue weighted by atomic mass is 10.1. The molecule has 0 bridgehead atoms. The van der Waals surface area contributed by atoms with E-state index in [0.717, 1.165) is 10.4 Å². The van der Waals surface area contributed by atoms with Crippen molar-refractivity contribution in [2.75, 3.05) is 12.1 Å². The number of aryl methyl sites for hydroxylation is 1. The average Bonchev–Trinajstić information content (AvgIpc) is 3.29. The molecule has 1 saturated heterocycles. The van der Waals surface area contributed by atoms with Crippen LogP contribution in [-0.4, -0.2) is 34.5 Å². The predicted octanol–water partition coefficient (Wildman–Crippen LogP) is 2.31. The van der Waals surface area contributed by atoms with E-state index in [-0.39, 0.29) is 18.6 Å². The van der Waals surface area contributed by atoms with Crippen molar-refractivity contribution in [1.82, 2.24) is 9.88 Å². The molecule has 0 saturated carbocycles. The van der Waals surface area contributed by atoms with E-state index in [1.807, 2.05) is 25.1 Å². The van der Waals surface area contributed by atoms with Gasteiger partial charge in [-0.3, -0.25) is 9.59 Å². The summed E-state index contributed by atoms with van der Waals surface area (Å²) in [6.45, 7) is 2.50. The molecule has 25 heavy (non-hydrogen) atoms. The molecule has 0 aliphatic carbocycles. The Morgan fingerprint density at radius 1 is 1.40 bits per heavy atom. The molecule has 7 nitrogen and oxygen atoms in total. The minimum atomic E-state index is -0.484. The van der Waals surface area contributed by atoms with E-state index in [1.165, 1.54) is 11.3 Å². The Morgan fingerprint density at radius 3 is 3.04 bits per heavy atom. The number of aromatic nitrogens is 1. The van der Waals surface area contributed by atoms with Crippen LogP contribution in [0.3, 0.4) is 0 Å². The number of carbonyl (C=O) groups is 2. The zero-order chi connectivity index (χ0) is 17.4. The van der Waals surface area contributed by atoms with Crippen molar-refractivity contribution in [3.8, 4) is 11.5 Å². The molecule has 1 fully saturated rings. The summed E-state index contributed by atoms with van der Waals surface area (Å²) in [6.07, 6.45) is 2.60. The van der Waals surface area contributed by atoms with Crippen molar-refractivity contribution in [2.24, 2.45) is 0 Å². The highest BCUT2D eigenvalue weighted by Crippen LogP contribution is 2.33. The standard InChI is InChI=1S/C17H17N3O4S/c1-10-7-18-17(25-10)19-16(22)12-3-5-15(21)20(12)8-11-2-4-13-14(6-11)24-9-23-13/h2,4,6-7,12H,3,5,8-9H2,1H3,(H,18,19,22). The molecule has 1 aromatic carbocycles. The monoisotopic (exact) mass is 359 g/mol. The van der Waals surface area contributed by atoms with Crippen molar-refractivity contribution >= 4 is 28.3 Å². The summed E-state index contributed by atoms with van der Waals surface area (Å²) in [5.74, 6) is 1.16. The van der Waals surface area contributed by atoms with Crippen molar-refractivity contribution < 1.29 is 19.1 Å². The number of hydrogen-bond acceptors (Lipinski definition) is 6. The molecule has 2 aliphatic heterocycles. The van der Waals surface area contributed by atoms with Crippen molar-refractivity contribution in [1.29, 1.82) is 0 Å². The van der Waals surface area contributed by atoms with Gasteiger partial charge in [0.25, 0.3) is 0 Å². The van der Waals surface area contributed by atoms with Gasteiger partial charge in [0.05, 0.1) is 0 Å². The number of ether oxygens (including phenoxy) is 2. The number of nitrogens with one attached hydrogen (secondary N) is 1. The number of fused-ring (bicyclic) bond motifs is 1. The lowest BCUT2D eigenvalue weighted by molar-refractivity contribution is -0.133. The first-order valence-electron chi connectivity index (χ1n) is 8.01. The quantitative estimate of drug-likeness (QED) is 0.906. The van der Waals surface area contributed by atoms with Crippen LogP contribution in [0.4, 0.5) is 5.13 Å². The number of carbonyl (C=O) groups excluding carboxylic acids is 2. The zero-order valence-corrected chi connectivity index (χ0v) is 14.5. The van der Waals surface area contributed by atoms with Gasteiger partial charge in [0.1, 0.15) is 6.04 Å². The minimum Gasteiger partial charge on any atom is -0.454 e. The second-order valence-corrected chi connectivity index (χ2v) is 7.26. The van der Waals surface area contributed by atoms with Gasteiger partial charge in [0.15, 0.2) is 16.6 Å². The van der Waals surface area contributed by atoms with Crippen LogP contribution >= 0.6 is 11.3 Å². The highest BCUT2D eigenvalue weighted by molar-refractivity contribution is 7.15. The largest absolute Gasteiger partial charge is 0.454 e. The fourth-order valence-electron chi connectivity index (χ4n) is 3.04. The summed E-state index contributed by atoms with van der Waals surface area (Å²) in [6, 6.07) is 5.08. The number of rotatable bonds is 4. The van der Waals surface area contributed by atoms with Gasteiger partial charge in [-0.05, 0) is 31.0 Å². The lowest BCUT2D eigenvalue weighted by Gasteiger charge is -2.23. The molecule has 0 radical (unpaired) electrons. The Kier molecular flexibility index (Phi) is 4.04. The summed E-state index contributed by atoms with van der Waals surface area (Å²) in [4.78, 5) is 31.6. The maximum atomic E-state index is 12.6. The van der Waals surface area contributed by atoms with Gasteiger partial charge in [-0.2, -0.15) is 0 Å². The number of amides is 2. The molecule has 0 spiro atoms. The van der Waals surface area contributed by atoms with E-state index < -0.39 is 6.04 Å². The third kappa shape index (κ3) is 3.17. The molecule has 130 valence electrons. The SMILES string of the molecule is Cc1cnc(NC(=O)C2CCC(=O)N2Cc2ccc3c(c2)OCO3)s1. The van der Waals surface area contributed by atoms with Crippen LogP contribution in [-0.2, 0) is 16.1 Å². The molecule has 8 heteroatoms. The number of benzene rings is 1. The third-order valence-corrected chi connectivity index (χ3v) is 5.10. The second kappa shape index (κ2) is 6.36. The molecule has 2 amide bonds. The molecule has 1 N–H and O–H groups in total. The molecule has 1 aromatic heterocycles. The van der Waals surface area contributed by atoms with Crippen LogP contribution in [0, 0.1) is 6.92 Å². The summed E-state index contributed by atoms with van der Waals surface area (Å²) < 4.78 is 10.7. The topological polar surface area (TPSA) is 80.8 Å². The van der Waals surface area contributed by atoms with Gasteiger partial charge in [-0.25, -0.2) is 4.98 Å². The van der Waals surface area contributed by atoms with E-state index in [9.17, 15) is 9.59 Å². The maximum absolute atomic E-state index is 12.6. The van der Waals surface area contributed by atoms with Crippen molar-refractivity contribution in [3.63, 3.8) is 0 Å². The summed E-state index contributed by atoms with van der Waals surface area (Å²) in [7, 11) is 0. The van der Waals surface area contributed by atoms with E-state index in [2.05, 4.69) is 10.3 Å². The Hall–Kier alpha value is -2.61. The Labute approximate surface area is 148 Å². The molecule has 2 aromatic rings. The van der Waals surface area contributed by atoms with Gasteiger partial charge in [0.2, 0.25) is 18.6 Å². The number of thiazole rings is 1. The Morgan fingerprint density at radius 2 is 2.24 bits per heavy atom. The maximum Gasteiger partial charge on any atom is 0.248 e. The molecule has 3 heterocycles. The van der Waals surface area contributed by atoms with Gasteiger partial charge in [-0.15, -0.1) is 11.3 Å². The average molecular weight is 359 g/mol. The lowest BCUT2D eigenvalue weighted by Crippen LogP contribution is -2.41. The van der Waals surface area contributed by atoms with E-state index in [0.29, 0.717) is 36.0 Å². The highest BCUT2D eigenvalue weighted by Gasteiger charge is 2.36. The molecule has 2 aliphatic rings. The van der Waals surface area contributed by atoms with Crippen LogP contribution in [0.15, 0.2) is 24.4 Å².